The highest BCUT2D eigenvalue weighted by Crippen LogP contribution is 2.26. The Morgan fingerprint density at radius 3 is 2.58 bits per heavy atom. The van der Waals surface area contributed by atoms with E-state index in [4.69, 9.17) is 4.74 Å². The zero-order chi connectivity index (χ0) is 18.7. The number of carbonyl (C=O) groups is 1. The molecule has 0 radical (unpaired) electrons. The van der Waals surface area contributed by atoms with Gasteiger partial charge < -0.3 is 14.4 Å². The normalized spacial score (nSPS) is 22.1. The van der Waals surface area contributed by atoms with Gasteiger partial charge in [0.15, 0.2) is 0 Å². The van der Waals surface area contributed by atoms with Gasteiger partial charge in [-0.25, -0.2) is 8.42 Å². The van der Waals surface area contributed by atoms with Crippen molar-refractivity contribution in [2.24, 2.45) is 0 Å². The molecule has 26 heavy (non-hydrogen) atoms. The Hall–Kier alpha value is -1.62. The Labute approximate surface area is 150 Å². The van der Waals surface area contributed by atoms with E-state index >= 15 is 0 Å². The summed E-state index contributed by atoms with van der Waals surface area (Å²) in [6.07, 6.45) is -0.671. The molecule has 1 aromatic rings. The molecule has 7 nitrogen and oxygen atoms in total. The van der Waals surface area contributed by atoms with E-state index in [1.165, 1.54) is 18.2 Å². The Bertz CT molecular complexity index is 753. The molecule has 2 heterocycles. The van der Waals surface area contributed by atoms with Gasteiger partial charge >= 0.3 is 6.61 Å². The summed E-state index contributed by atoms with van der Waals surface area (Å²) in [4.78, 5) is 14.2. The van der Waals surface area contributed by atoms with Crippen molar-refractivity contribution in [2.45, 2.75) is 24.0 Å². The van der Waals surface area contributed by atoms with Crippen molar-refractivity contribution in [3.63, 3.8) is 0 Å². The van der Waals surface area contributed by atoms with Crippen LogP contribution in [0.4, 0.5) is 8.78 Å². The van der Waals surface area contributed by atoms with Crippen LogP contribution in [0.5, 0.6) is 0 Å². The quantitative estimate of drug-likeness (QED) is 0.754. The fraction of sp³-hybridized carbons (Fsp3) is 0.562. The summed E-state index contributed by atoms with van der Waals surface area (Å²) in [7, 11) is -3.99. The minimum atomic E-state index is -3.99. The van der Waals surface area contributed by atoms with Crippen LogP contribution in [0.3, 0.4) is 0 Å². The van der Waals surface area contributed by atoms with Gasteiger partial charge in [0.05, 0.1) is 29.8 Å². The number of carbonyl (C=O) groups excluding carboxylic acids is 1. The van der Waals surface area contributed by atoms with E-state index in [9.17, 15) is 22.0 Å². The molecule has 0 aliphatic carbocycles. The molecule has 0 unspecified atom stereocenters. The van der Waals surface area contributed by atoms with Crippen LogP contribution >= 0.6 is 0 Å². The third-order valence-electron chi connectivity index (χ3n) is 4.44. The van der Waals surface area contributed by atoms with E-state index in [-0.39, 0.29) is 35.9 Å². The Kier molecular flexibility index (Phi) is 5.86. The smallest absolute Gasteiger partial charge is 0.345 e. The molecule has 2 saturated heterocycles. The first-order chi connectivity index (χ1) is 12.4. The van der Waals surface area contributed by atoms with E-state index in [2.05, 4.69) is 4.74 Å². The number of hydrogen-bond donors (Lipinski definition) is 0. The van der Waals surface area contributed by atoms with Crippen molar-refractivity contribution in [1.29, 1.82) is 0 Å². The average molecular weight is 390 g/mol. The number of amides is 1. The maximum Gasteiger partial charge on any atom is 0.345 e. The number of nitrogens with zero attached hydrogens (tertiary/aromatic N) is 2. The minimum absolute atomic E-state index is 0.0692. The Balaban J connectivity index is 1.83. The summed E-state index contributed by atoms with van der Waals surface area (Å²) in [5.41, 5.74) is 0.0765. The first kappa shape index (κ1) is 19.2. The maximum absolute atomic E-state index is 13.0. The molecule has 144 valence electrons. The third-order valence-corrected chi connectivity index (χ3v) is 6.36. The van der Waals surface area contributed by atoms with Crippen LogP contribution in [0.1, 0.15) is 16.8 Å². The lowest BCUT2D eigenvalue weighted by Crippen LogP contribution is -2.41. The minimum Gasteiger partial charge on any atom is -0.378 e. The average Bonchev–Trinajstić information content (AvgIpc) is 3.10. The Morgan fingerprint density at radius 2 is 1.88 bits per heavy atom. The first-order valence-electron chi connectivity index (χ1n) is 8.29. The second-order valence-corrected chi connectivity index (χ2v) is 7.98. The fourth-order valence-electron chi connectivity index (χ4n) is 3.12. The number of morpholine rings is 1. The SMILES string of the molecule is O=C(c1ccccc1S(=O)(=O)N1CC[C@H](OC(F)F)C1)N1CCOCC1. The molecule has 10 heteroatoms. The fourth-order valence-corrected chi connectivity index (χ4v) is 4.79. The van der Waals surface area contributed by atoms with Crippen LogP contribution in [-0.2, 0) is 19.5 Å². The van der Waals surface area contributed by atoms with E-state index in [1.54, 1.807) is 11.0 Å². The summed E-state index contributed by atoms with van der Waals surface area (Å²) < 4.78 is 61.4. The zero-order valence-electron chi connectivity index (χ0n) is 14.0. The summed E-state index contributed by atoms with van der Waals surface area (Å²) in [5.74, 6) is -0.382. The van der Waals surface area contributed by atoms with Crippen LogP contribution in [0, 0.1) is 0 Å². The number of benzene rings is 1. The van der Waals surface area contributed by atoms with Crippen molar-refractivity contribution in [2.75, 3.05) is 39.4 Å². The van der Waals surface area contributed by atoms with E-state index < -0.39 is 22.7 Å². The van der Waals surface area contributed by atoms with Crippen molar-refractivity contribution in [3.8, 4) is 0 Å². The van der Waals surface area contributed by atoms with E-state index in [0.29, 0.717) is 26.3 Å². The molecule has 2 fully saturated rings. The molecule has 1 aromatic carbocycles. The van der Waals surface area contributed by atoms with Gasteiger partial charge in [-0.2, -0.15) is 13.1 Å². The summed E-state index contributed by atoms with van der Waals surface area (Å²) in [6, 6.07) is 5.96. The third kappa shape index (κ3) is 4.03. The van der Waals surface area contributed by atoms with E-state index in [1.807, 2.05) is 0 Å². The van der Waals surface area contributed by atoms with Crippen LogP contribution in [0.2, 0.25) is 0 Å². The van der Waals surface area contributed by atoms with Crippen LogP contribution in [0.15, 0.2) is 29.2 Å². The highest BCUT2D eigenvalue weighted by Gasteiger charge is 2.36. The largest absolute Gasteiger partial charge is 0.378 e. The molecule has 0 spiro atoms. The standard InChI is InChI=1S/C16H20F2N2O5S/c17-16(18)25-12-5-6-20(11-12)26(22,23)14-4-2-1-3-13(14)15(21)19-7-9-24-10-8-19/h1-4,12,16H,5-11H2/t12-/m0/s1. The molecule has 1 atom stereocenters. The van der Waals surface area contributed by atoms with Crippen molar-refractivity contribution >= 4 is 15.9 Å². The van der Waals surface area contributed by atoms with Gasteiger partial charge in [-0.1, -0.05) is 12.1 Å². The van der Waals surface area contributed by atoms with Crippen LogP contribution in [-0.4, -0.2) is 75.6 Å². The van der Waals surface area contributed by atoms with Crippen LogP contribution < -0.4 is 0 Å². The second kappa shape index (κ2) is 7.95. The molecular formula is C16H20F2N2O5S. The van der Waals surface area contributed by atoms with Gasteiger partial charge in [-0.15, -0.1) is 0 Å². The number of hydrogen-bond acceptors (Lipinski definition) is 5. The summed E-state index contributed by atoms with van der Waals surface area (Å²) in [5, 5.41) is 0. The lowest BCUT2D eigenvalue weighted by Gasteiger charge is -2.28. The van der Waals surface area contributed by atoms with Crippen molar-refractivity contribution in [3.05, 3.63) is 29.8 Å². The summed E-state index contributed by atoms with van der Waals surface area (Å²) >= 11 is 0. The number of halogens is 2. The predicted molar refractivity (Wildman–Crippen MR) is 87.4 cm³/mol. The molecular weight excluding hydrogens is 370 g/mol. The van der Waals surface area contributed by atoms with Crippen molar-refractivity contribution < 1.29 is 31.5 Å². The van der Waals surface area contributed by atoms with Crippen molar-refractivity contribution in [1.82, 2.24) is 9.21 Å². The predicted octanol–water partition coefficient (Wildman–Crippen LogP) is 1.16. The zero-order valence-corrected chi connectivity index (χ0v) is 14.8. The van der Waals surface area contributed by atoms with Gasteiger partial charge in [0.25, 0.3) is 5.91 Å². The number of rotatable bonds is 5. The lowest BCUT2D eigenvalue weighted by molar-refractivity contribution is -0.157. The molecule has 2 aliphatic heterocycles. The monoisotopic (exact) mass is 390 g/mol. The molecule has 0 bridgehead atoms. The number of sulfonamides is 1. The van der Waals surface area contributed by atoms with Gasteiger partial charge in [0.1, 0.15) is 0 Å². The number of alkyl halides is 2. The lowest BCUT2D eigenvalue weighted by atomic mass is 10.2. The van der Waals surface area contributed by atoms with Crippen LogP contribution in [0.25, 0.3) is 0 Å². The Morgan fingerprint density at radius 1 is 1.19 bits per heavy atom. The molecule has 3 rings (SSSR count). The molecule has 2 aliphatic rings. The summed E-state index contributed by atoms with van der Waals surface area (Å²) in [6.45, 7) is -1.45. The topological polar surface area (TPSA) is 76.2 Å². The van der Waals surface area contributed by atoms with Gasteiger partial charge in [-0.05, 0) is 18.6 Å². The van der Waals surface area contributed by atoms with Gasteiger partial charge in [0, 0.05) is 26.2 Å². The highest BCUT2D eigenvalue weighted by atomic mass is 32.2. The maximum atomic E-state index is 13.0. The molecule has 0 saturated carbocycles. The highest BCUT2D eigenvalue weighted by molar-refractivity contribution is 7.89. The molecule has 0 aromatic heterocycles. The first-order valence-corrected chi connectivity index (χ1v) is 9.73. The molecule has 0 N–H and O–H groups in total. The van der Waals surface area contributed by atoms with Gasteiger partial charge in [-0.3, -0.25) is 4.79 Å². The molecule has 1 amide bonds. The van der Waals surface area contributed by atoms with Gasteiger partial charge in [0.2, 0.25) is 10.0 Å². The number of ether oxygens (including phenoxy) is 2. The second-order valence-electron chi connectivity index (χ2n) is 6.07. The van der Waals surface area contributed by atoms with E-state index in [0.717, 1.165) is 4.31 Å².